The Morgan fingerprint density at radius 1 is 0.971 bits per heavy atom. The number of benzene rings is 3. The first-order chi connectivity index (χ1) is 16.2. The summed E-state index contributed by atoms with van der Waals surface area (Å²) in [5.74, 6) is 0.737. The van der Waals surface area contributed by atoms with E-state index in [0.29, 0.717) is 35.2 Å². The minimum atomic E-state index is -3.71. The standard InChI is InChI=1S/C25H27N3O4S2/c1-18(2)17-32-22-13-9-19(10-14-22)24(29)27-25(33)26-20-11-15-23(16-12-20)34(30,31)28(3)21-7-5-4-6-8-21/h4-16,18H,17H2,1-3H3,(H2,26,27,29,33). The predicted octanol–water partition coefficient (Wildman–Crippen LogP) is 4.67. The van der Waals surface area contributed by atoms with Gasteiger partial charge in [0.1, 0.15) is 5.75 Å². The van der Waals surface area contributed by atoms with Crippen LogP contribution in [0.5, 0.6) is 5.75 Å². The smallest absolute Gasteiger partial charge is 0.264 e. The van der Waals surface area contributed by atoms with Gasteiger partial charge in [-0.05, 0) is 78.8 Å². The quantitative estimate of drug-likeness (QED) is 0.440. The Labute approximate surface area is 205 Å². The van der Waals surface area contributed by atoms with Crippen molar-refractivity contribution in [2.45, 2.75) is 18.7 Å². The fourth-order valence-corrected chi connectivity index (χ4v) is 4.35. The van der Waals surface area contributed by atoms with Gasteiger partial charge in [-0.2, -0.15) is 0 Å². The summed E-state index contributed by atoms with van der Waals surface area (Å²) in [4.78, 5) is 12.6. The molecule has 0 aliphatic carbocycles. The number of nitrogens with zero attached hydrogens (tertiary/aromatic N) is 1. The van der Waals surface area contributed by atoms with Crippen LogP contribution in [0.4, 0.5) is 11.4 Å². The molecule has 0 atom stereocenters. The molecule has 2 N–H and O–H groups in total. The van der Waals surface area contributed by atoms with E-state index < -0.39 is 10.0 Å². The maximum Gasteiger partial charge on any atom is 0.264 e. The predicted molar refractivity (Wildman–Crippen MR) is 139 cm³/mol. The third-order valence-electron chi connectivity index (χ3n) is 4.82. The van der Waals surface area contributed by atoms with Gasteiger partial charge in [-0.3, -0.25) is 14.4 Å². The van der Waals surface area contributed by atoms with E-state index in [1.54, 1.807) is 60.7 Å². The number of para-hydroxylation sites is 1. The Morgan fingerprint density at radius 3 is 2.18 bits per heavy atom. The van der Waals surface area contributed by atoms with Crippen molar-refractivity contribution in [1.82, 2.24) is 5.32 Å². The van der Waals surface area contributed by atoms with E-state index in [0.717, 1.165) is 0 Å². The number of ether oxygens (including phenoxy) is 1. The van der Waals surface area contributed by atoms with Gasteiger partial charge in [0.25, 0.3) is 15.9 Å². The van der Waals surface area contributed by atoms with E-state index in [1.807, 2.05) is 6.07 Å². The number of amides is 1. The van der Waals surface area contributed by atoms with E-state index in [9.17, 15) is 13.2 Å². The largest absolute Gasteiger partial charge is 0.493 e. The van der Waals surface area contributed by atoms with Crippen LogP contribution >= 0.6 is 12.2 Å². The fraction of sp³-hybridized carbons (Fsp3) is 0.200. The molecule has 0 aliphatic rings. The number of sulfonamides is 1. The molecule has 0 heterocycles. The maximum absolute atomic E-state index is 12.9. The Morgan fingerprint density at radius 2 is 1.59 bits per heavy atom. The number of carbonyl (C=O) groups is 1. The normalized spacial score (nSPS) is 11.1. The van der Waals surface area contributed by atoms with E-state index >= 15 is 0 Å². The first kappa shape index (κ1) is 25.2. The van der Waals surface area contributed by atoms with Crippen molar-refractivity contribution < 1.29 is 17.9 Å². The molecule has 0 bridgehead atoms. The fourth-order valence-electron chi connectivity index (χ4n) is 2.95. The van der Waals surface area contributed by atoms with Gasteiger partial charge in [-0.1, -0.05) is 32.0 Å². The lowest BCUT2D eigenvalue weighted by Crippen LogP contribution is -2.34. The molecule has 3 aromatic rings. The summed E-state index contributed by atoms with van der Waals surface area (Å²) in [6.45, 7) is 4.72. The van der Waals surface area contributed by atoms with Crippen LogP contribution in [0.2, 0.25) is 0 Å². The lowest BCUT2D eigenvalue weighted by Gasteiger charge is -2.19. The lowest BCUT2D eigenvalue weighted by atomic mass is 10.2. The van der Waals surface area contributed by atoms with Gasteiger partial charge in [0.2, 0.25) is 0 Å². The molecule has 178 valence electrons. The molecule has 7 nitrogen and oxygen atoms in total. The molecular weight excluding hydrogens is 470 g/mol. The molecule has 0 aromatic heterocycles. The van der Waals surface area contributed by atoms with Gasteiger partial charge < -0.3 is 10.1 Å². The van der Waals surface area contributed by atoms with Crippen LogP contribution in [-0.2, 0) is 10.0 Å². The van der Waals surface area contributed by atoms with E-state index in [1.165, 1.54) is 23.5 Å². The first-order valence-electron chi connectivity index (χ1n) is 10.7. The minimum Gasteiger partial charge on any atom is -0.493 e. The van der Waals surface area contributed by atoms with Crippen molar-refractivity contribution in [3.8, 4) is 5.75 Å². The summed E-state index contributed by atoms with van der Waals surface area (Å²) in [5.41, 5.74) is 1.54. The van der Waals surface area contributed by atoms with Crippen molar-refractivity contribution in [2.24, 2.45) is 5.92 Å². The van der Waals surface area contributed by atoms with Crippen LogP contribution in [-0.4, -0.2) is 33.1 Å². The van der Waals surface area contributed by atoms with Crippen molar-refractivity contribution >= 4 is 44.6 Å². The summed E-state index contributed by atoms with van der Waals surface area (Å²) in [7, 11) is -2.21. The van der Waals surface area contributed by atoms with Gasteiger partial charge in [-0.15, -0.1) is 0 Å². The second kappa shape index (κ2) is 11.1. The number of rotatable bonds is 8. The molecule has 0 fully saturated rings. The monoisotopic (exact) mass is 497 g/mol. The lowest BCUT2D eigenvalue weighted by molar-refractivity contribution is 0.0977. The van der Waals surface area contributed by atoms with Crippen LogP contribution in [0.15, 0.2) is 83.8 Å². The van der Waals surface area contributed by atoms with Crippen LogP contribution in [0.3, 0.4) is 0 Å². The SMILES string of the molecule is CC(C)COc1ccc(C(=O)NC(=S)Nc2ccc(S(=O)(=O)N(C)c3ccccc3)cc2)cc1. The van der Waals surface area contributed by atoms with Crippen LogP contribution in [0.1, 0.15) is 24.2 Å². The molecule has 3 rings (SSSR count). The molecule has 34 heavy (non-hydrogen) atoms. The molecule has 1 amide bonds. The Bertz CT molecular complexity index is 1230. The first-order valence-corrected chi connectivity index (χ1v) is 12.5. The van der Waals surface area contributed by atoms with Gasteiger partial charge in [0, 0.05) is 18.3 Å². The number of thiocarbonyl (C=S) groups is 1. The van der Waals surface area contributed by atoms with Gasteiger partial charge >= 0.3 is 0 Å². The molecule has 0 unspecified atom stereocenters. The molecule has 0 saturated carbocycles. The summed E-state index contributed by atoms with van der Waals surface area (Å²) >= 11 is 5.23. The molecule has 0 spiro atoms. The van der Waals surface area contributed by atoms with Crippen molar-refractivity contribution in [2.75, 3.05) is 23.3 Å². The number of hydrogen-bond acceptors (Lipinski definition) is 5. The highest BCUT2D eigenvalue weighted by atomic mass is 32.2. The molecule has 3 aromatic carbocycles. The third kappa shape index (κ3) is 6.55. The summed E-state index contributed by atoms with van der Waals surface area (Å²) < 4.78 is 32.6. The Balaban J connectivity index is 1.59. The van der Waals surface area contributed by atoms with E-state index in [2.05, 4.69) is 24.5 Å². The highest BCUT2D eigenvalue weighted by molar-refractivity contribution is 7.92. The van der Waals surface area contributed by atoms with E-state index in [4.69, 9.17) is 17.0 Å². The second-order valence-corrected chi connectivity index (χ2v) is 10.3. The Hall–Kier alpha value is -3.43. The zero-order chi connectivity index (χ0) is 24.7. The molecule has 0 radical (unpaired) electrons. The van der Waals surface area contributed by atoms with Crippen LogP contribution in [0, 0.1) is 5.92 Å². The van der Waals surface area contributed by atoms with Gasteiger partial charge in [-0.25, -0.2) is 8.42 Å². The Kier molecular flexibility index (Phi) is 8.25. The zero-order valence-corrected chi connectivity index (χ0v) is 20.8. The van der Waals surface area contributed by atoms with Crippen molar-refractivity contribution in [3.63, 3.8) is 0 Å². The third-order valence-corrected chi connectivity index (χ3v) is 6.82. The zero-order valence-electron chi connectivity index (χ0n) is 19.2. The summed E-state index contributed by atoms with van der Waals surface area (Å²) in [6, 6.07) is 21.8. The number of nitrogens with one attached hydrogen (secondary N) is 2. The average Bonchev–Trinajstić information content (AvgIpc) is 2.83. The molecular formula is C25H27N3O4S2. The van der Waals surface area contributed by atoms with Crippen LogP contribution < -0.4 is 19.7 Å². The summed E-state index contributed by atoms with van der Waals surface area (Å²) in [5, 5.41) is 5.60. The number of anilines is 2. The van der Waals surface area contributed by atoms with Crippen molar-refractivity contribution in [3.05, 3.63) is 84.4 Å². The highest BCUT2D eigenvalue weighted by Gasteiger charge is 2.21. The van der Waals surface area contributed by atoms with Gasteiger partial charge in [0.05, 0.1) is 17.2 Å². The highest BCUT2D eigenvalue weighted by Crippen LogP contribution is 2.23. The van der Waals surface area contributed by atoms with E-state index in [-0.39, 0.29) is 15.9 Å². The minimum absolute atomic E-state index is 0.0992. The van der Waals surface area contributed by atoms with Crippen molar-refractivity contribution in [1.29, 1.82) is 0 Å². The van der Waals surface area contributed by atoms with Crippen LogP contribution in [0.25, 0.3) is 0 Å². The topological polar surface area (TPSA) is 87.7 Å². The molecule has 9 heteroatoms. The number of carbonyl (C=O) groups excluding carboxylic acids is 1. The summed E-state index contributed by atoms with van der Waals surface area (Å²) in [6.07, 6.45) is 0. The molecule has 0 saturated heterocycles. The second-order valence-electron chi connectivity index (χ2n) is 7.97. The number of hydrogen-bond donors (Lipinski definition) is 2. The maximum atomic E-state index is 12.9. The average molecular weight is 498 g/mol. The van der Waals surface area contributed by atoms with Gasteiger partial charge in [0.15, 0.2) is 5.11 Å². The molecule has 0 aliphatic heterocycles.